The standard InChI is InChI=1S/C39H50O24/c1-11-21(43)26(48)30(52)36(56-11)55-10-19-24(46)28(50)32(54)38(61-19)63-35-29(51)23(45)18(9-40)60-39(35)62-34-25(47)20-16(42)7-15(58-37-31(53)27(49)22(44)12(2)57-37)8-17(20)59-33(34)13-3-5-14(41)6-4-13/h3-8,11-12,18-19,21-24,26-32,35-46,48-54H,9-10H2,1-2H3. The van der Waals surface area contributed by atoms with Crippen LogP contribution in [0.5, 0.6) is 23.0 Å². The Morgan fingerprint density at radius 3 is 1.78 bits per heavy atom. The van der Waals surface area contributed by atoms with Gasteiger partial charge >= 0.3 is 0 Å². The first kappa shape index (κ1) is 47.1. The summed E-state index contributed by atoms with van der Waals surface area (Å²) >= 11 is 0. The molecule has 3 aromatic rings. The van der Waals surface area contributed by atoms with Crippen molar-refractivity contribution < 1.29 is 114 Å². The monoisotopic (exact) mass is 902 g/mol. The summed E-state index contributed by atoms with van der Waals surface area (Å²) in [5.41, 5.74) is -1.39. The number of hydrogen-bond donors (Lipinski definition) is 14. The molecule has 4 aliphatic rings. The number of benzene rings is 2. The van der Waals surface area contributed by atoms with Gasteiger partial charge in [0.1, 0.15) is 108 Å². The predicted molar refractivity (Wildman–Crippen MR) is 202 cm³/mol. The Hall–Kier alpha value is -3.87. The van der Waals surface area contributed by atoms with Crippen LogP contribution < -0.4 is 14.9 Å². The van der Waals surface area contributed by atoms with Crippen molar-refractivity contribution in [2.75, 3.05) is 13.2 Å². The van der Waals surface area contributed by atoms with Gasteiger partial charge in [0, 0.05) is 17.7 Å². The van der Waals surface area contributed by atoms with E-state index in [0.717, 1.165) is 12.1 Å². The second-order valence-corrected chi connectivity index (χ2v) is 15.7. The molecule has 63 heavy (non-hydrogen) atoms. The molecule has 7 rings (SSSR count). The number of phenolic OH excluding ortho intramolecular Hbond substituents is 2. The van der Waals surface area contributed by atoms with Crippen molar-refractivity contribution in [3.8, 4) is 34.3 Å². The number of fused-ring (bicyclic) bond motifs is 1. The number of aliphatic hydroxyl groups is 12. The molecule has 20 unspecified atom stereocenters. The summed E-state index contributed by atoms with van der Waals surface area (Å²) in [6, 6.07) is 7.13. The first-order valence-electron chi connectivity index (χ1n) is 19.8. The number of hydrogen-bond acceptors (Lipinski definition) is 24. The van der Waals surface area contributed by atoms with Crippen molar-refractivity contribution in [3.63, 3.8) is 0 Å². The Morgan fingerprint density at radius 1 is 0.587 bits per heavy atom. The molecule has 0 aliphatic carbocycles. The van der Waals surface area contributed by atoms with Crippen molar-refractivity contribution in [2.24, 2.45) is 0 Å². The summed E-state index contributed by atoms with van der Waals surface area (Å²) in [6.45, 7) is 1.19. The van der Waals surface area contributed by atoms with E-state index < -0.39 is 164 Å². The van der Waals surface area contributed by atoms with Crippen LogP contribution in [-0.2, 0) is 28.4 Å². The van der Waals surface area contributed by atoms with Crippen molar-refractivity contribution in [2.45, 2.75) is 137 Å². The van der Waals surface area contributed by atoms with E-state index in [2.05, 4.69) is 0 Å². The lowest BCUT2D eigenvalue weighted by atomic mass is 9.97. The van der Waals surface area contributed by atoms with Crippen LogP contribution in [0, 0.1) is 0 Å². The summed E-state index contributed by atoms with van der Waals surface area (Å²) in [4.78, 5) is 14.4. The normalized spacial score (nSPS) is 41.0. The number of aliphatic hydroxyl groups excluding tert-OH is 12. The maximum absolute atomic E-state index is 14.4. The van der Waals surface area contributed by atoms with Gasteiger partial charge in [-0.05, 0) is 38.1 Å². The highest BCUT2D eigenvalue weighted by atomic mass is 16.8. The third kappa shape index (κ3) is 9.19. The quantitative estimate of drug-likeness (QED) is 0.0856. The lowest BCUT2D eigenvalue weighted by Crippen LogP contribution is -2.65. The summed E-state index contributed by atoms with van der Waals surface area (Å²) in [5.74, 6) is -2.36. The van der Waals surface area contributed by atoms with Gasteiger partial charge < -0.3 is 114 Å². The van der Waals surface area contributed by atoms with Crippen LogP contribution in [0.3, 0.4) is 0 Å². The summed E-state index contributed by atoms with van der Waals surface area (Å²) in [7, 11) is 0. The number of ether oxygens (including phenoxy) is 8. The lowest BCUT2D eigenvalue weighted by molar-refractivity contribution is -0.364. The predicted octanol–water partition coefficient (Wildman–Crippen LogP) is -5.07. The Balaban J connectivity index is 1.20. The number of rotatable bonds is 11. The van der Waals surface area contributed by atoms with Gasteiger partial charge in [-0.3, -0.25) is 4.79 Å². The third-order valence-electron chi connectivity index (χ3n) is 11.3. The maximum Gasteiger partial charge on any atom is 0.239 e. The topological polar surface area (TPSA) is 387 Å². The molecular weight excluding hydrogens is 852 g/mol. The highest BCUT2D eigenvalue weighted by Gasteiger charge is 2.53. The van der Waals surface area contributed by atoms with E-state index in [1.54, 1.807) is 0 Å². The minimum atomic E-state index is -2.09. The molecule has 0 bridgehead atoms. The van der Waals surface area contributed by atoms with E-state index >= 15 is 0 Å². The molecule has 0 radical (unpaired) electrons. The molecule has 0 saturated carbocycles. The van der Waals surface area contributed by atoms with Gasteiger partial charge in [0.05, 0.1) is 25.4 Å². The second kappa shape index (κ2) is 18.9. The smallest absolute Gasteiger partial charge is 0.239 e. The third-order valence-corrected chi connectivity index (χ3v) is 11.3. The molecule has 350 valence electrons. The highest BCUT2D eigenvalue weighted by Crippen LogP contribution is 2.39. The molecule has 4 saturated heterocycles. The van der Waals surface area contributed by atoms with E-state index in [1.807, 2.05) is 0 Å². The fourth-order valence-electron chi connectivity index (χ4n) is 7.56. The molecule has 20 atom stereocenters. The molecule has 5 heterocycles. The largest absolute Gasteiger partial charge is 0.508 e. The molecule has 0 spiro atoms. The summed E-state index contributed by atoms with van der Waals surface area (Å²) in [5, 5.41) is 147. The van der Waals surface area contributed by atoms with Gasteiger partial charge in [-0.25, -0.2) is 0 Å². The highest BCUT2D eigenvalue weighted by molar-refractivity contribution is 5.88. The zero-order valence-corrected chi connectivity index (χ0v) is 33.3. The Labute approximate surface area is 355 Å². The van der Waals surface area contributed by atoms with E-state index in [9.17, 15) is 76.3 Å². The molecular formula is C39H50O24. The van der Waals surface area contributed by atoms with Gasteiger partial charge in [0.25, 0.3) is 0 Å². The number of aromatic hydroxyl groups is 2. The molecule has 4 aliphatic heterocycles. The molecule has 1 aromatic heterocycles. The van der Waals surface area contributed by atoms with Crippen molar-refractivity contribution in [1.29, 1.82) is 0 Å². The first-order chi connectivity index (χ1) is 29.8. The van der Waals surface area contributed by atoms with Crippen LogP contribution in [0.4, 0.5) is 0 Å². The van der Waals surface area contributed by atoms with Crippen LogP contribution >= 0.6 is 0 Å². The molecule has 14 N–H and O–H groups in total. The van der Waals surface area contributed by atoms with E-state index in [4.69, 9.17) is 42.3 Å². The zero-order chi connectivity index (χ0) is 45.8. The van der Waals surface area contributed by atoms with Crippen molar-refractivity contribution in [1.82, 2.24) is 0 Å². The van der Waals surface area contributed by atoms with E-state index in [0.29, 0.717) is 0 Å². The molecule has 4 fully saturated rings. The average molecular weight is 903 g/mol. The minimum absolute atomic E-state index is 0.0617. The van der Waals surface area contributed by atoms with Gasteiger partial charge in [-0.2, -0.15) is 0 Å². The van der Waals surface area contributed by atoms with E-state index in [1.165, 1.54) is 38.1 Å². The Kier molecular flexibility index (Phi) is 14.1. The zero-order valence-electron chi connectivity index (χ0n) is 33.3. The summed E-state index contributed by atoms with van der Waals surface area (Å²) < 4.78 is 51.5. The van der Waals surface area contributed by atoms with Gasteiger partial charge in [0.15, 0.2) is 24.4 Å². The van der Waals surface area contributed by atoms with Crippen LogP contribution in [-0.4, -0.2) is 208 Å². The van der Waals surface area contributed by atoms with Crippen LogP contribution in [0.15, 0.2) is 45.6 Å². The first-order valence-corrected chi connectivity index (χ1v) is 19.8. The van der Waals surface area contributed by atoms with Gasteiger partial charge in [-0.1, -0.05) is 0 Å². The van der Waals surface area contributed by atoms with E-state index in [-0.39, 0.29) is 22.6 Å². The average Bonchev–Trinajstić information content (AvgIpc) is 3.25. The molecule has 2 aromatic carbocycles. The fraction of sp³-hybridized carbons (Fsp3) is 0.615. The second-order valence-electron chi connectivity index (χ2n) is 15.7. The van der Waals surface area contributed by atoms with Gasteiger partial charge in [-0.15, -0.1) is 0 Å². The number of phenols is 2. The van der Waals surface area contributed by atoms with Crippen LogP contribution in [0.1, 0.15) is 13.8 Å². The van der Waals surface area contributed by atoms with Gasteiger partial charge in [0.2, 0.25) is 23.8 Å². The fourth-order valence-corrected chi connectivity index (χ4v) is 7.56. The Bertz CT molecular complexity index is 2090. The molecule has 24 heteroatoms. The summed E-state index contributed by atoms with van der Waals surface area (Å²) in [6.07, 6.45) is -34.1. The Morgan fingerprint density at radius 2 is 1.14 bits per heavy atom. The SMILES string of the molecule is CC1OC(OCC2OC(OC3C(Oc4c(-c5ccc(O)cc5)oc5cc(OC6OC(C)C(O)C(O)C6O)cc(O)c5c4=O)OC(CO)C(O)C3O)C(O)C(O)C2O)C(O)C(O)C1O. The maximum atomic E-state index is 14.4. The molecule has 0 amide bonds. The van der Waals surface area contributed by atoms with Crippen LogP contribution in [0.2, 0.25) is 0 Å². The van der Waals surface area contributed by atoms with Crippen molar-refractivity contribution >= 4 is 11.0 Å². The minimum Gasteiger partial charge on any atom is -0.508 e. The lowest BCUT2D eigenvalue weighted by Gasteiger charge is -2.46. The van der Waals surface area contributed by atoms with Crippen LogP contribution in [0.25, 0.3) is 22.3 Å². The van der Waals surface area contributed by atoms with Crippen molar-refractivity contribution in [3.05, 3.63) is 46.6 Å². The molecule has 24 nitrogen and oxygen atoms in total.